The van der Waals surface area contributed by atoms with Crippen LogP contribution in [0.3, 0.4) is 0 Å². The average Bonchev–Trinajstić information content (AvgIpc) is 2.69. The quantitative estimate of drug-likeness (QED) is 0.551. The van der Waals surface area contributed by atoms with Gasteiger partial charge in [-0.05, 0) is 48.7 Å². The second kappa shape index (κ2) is 10.3. The van der Waals surface area contributed by atoms with Crippen LogP contribution in [0.25, 0.3) is 0 Å². The Morgan fingerprint density at radius 1 is 0.852 bits per heavy atom. The Labute approximate surface area is 161 Å². The number of hydrogen-bond acceptors (Lipinski definition) is 4. The molecule has 6 nitrogen and oxygen atoms in total. The van der Waals surface area contributed by atoms with E-state index < -0.39 is 0 Å². The predicted octanol–water partition coefficient (Wildman–Crippen LogP) is 3.28. The number of aliphatic imine (C=N–C) groups is 1. The Hall–Kier alpha value is -2.89. The minimum Gasteiger partial charge on any atom is -0.496 e. The Morgan fingerprint density at radius 3 is 2.15 bits per heavy atom. The number of nitrogens with one attached hydrogen (secondary N) is 2. The Kier molecular flexibility index (Phi) is 7.79. The zero-order valence-electron chi connectivity index (χ0n) is 16.8. The Morgan fingerprint density at radius 2 is 1.52 bits per heavy atom. The largest absolute Gasteiger partial charge is 0.496 e. The van der Waals surface area contributed by atoms with Gasteiger partial charge in [-0.3, -0.25) is 0 Å². The summed E-state index contributed by atoms with van der Waals surface area (Å²) < 4.78 is 15.9. The van der Waals surface area contributed by atoms with Crippen molar-refractivity contribution >= 4 is 5.96 Å². The highest BCUT2D eigenvalue weighted by Crippen LogP contribution is 2.27. The molecule has 0 fully saturated rings. The van der Waals surface area contributed by atoms with Gasteiger partial charge in [-0.2, -0.15) is 0 Å². The van der Waals surface area contributed by atoms with E-state index in [4.69, 9.17) is 14.2 Å². The number of ether oxygens (including phenoxy) is 3. The van der Waals surface area contributed by atoms with E-state index in [0.717, 1.165) is 40.7 Å². The number of guanidine groups is 1. The summed E-state index contributed by atoms with van der Waals surface area (Å²) in [6.45, 7) is 6.09. The Balaban J connectivity index is 2.04. The first-order valence-electron chi connectivity index (χ1n) is 8.97. The molecule has 0 unspecified atom stereocenters. The summed E-state index contributed by atoms with van der Waals surface area (Å²) in [7, 11) is 4.95. The lowest BCUT2D eigenvalue weighted by Gasteiger charge is -2.13. The second-order valence-corrected chi connectivity index (χ2v) is 6.04. The summed E-state index contributed by atoms with van der Waals surface area (Å²) in [6.07, 6.45) is 0. The van der Waals surface area contributed by atoms with Gasteiger partial charge in [0.1, 0.15) is 5.75 Å². The van der Waals surface area contributed by atoms with E-state index in [1.54, 1.807) is 21.3 Å². The van der Waals surface area contributed by atoms with Gasteiger partial charge in [0.25, 0.3) is 0 Å². The molecule has 0 aliphatic heterocycles. The lowest BCUT2D eigenvalue weighted by molar-refractivity contribution is 0.354. The van der Waals surface area contributed by atoms with Gasteiger partial charge in [0.15, 0.2) is 17.5 Å². The molecule has 0 bridgehead atoms. The maximum atomic E-state index is 5.36. The van der Waals surface area contributed by atoms with Gasteiger partial charge < -0.3 is 24.8 Å². The summed E-state index contributed by atoms with van der Waals surface area (Å²) in [5.41, 5.74) is 3.32. The van der Waals surface area contributed by atoms with Gasteiger partial charge in [-0.1, -0.05) is 18.2 Å². The van der Waals surface area contributed by atoms with Crippen LogP contribution in [0.5, 0.6) is 17.2 Å². The van der Waals surface area contributed by atoms with Crippen LogP contribution in [0.2, 0.25) is 0 Å². The van der Waals surface area contributed by atoms with E-state index in [9.17, 15) is 0 Å². The third kappa shape index (κ3) is 5.81. The van der Waals surface area contributed by atoms with E-state index in [-0.39, 0.29) is 0 Å². The standard InChI is InChI=1S/C21H29N3O3/c1-6-22-21(23-13-16-7-9-18(25-3)15(2)11-16)24-14-17-8-10-19(26-4)20(12-17)27-5/h7-12H,6,13-14H2,1-5H3,(H2,22,23,24). The molecule has 0 aliphatic carbocycles. The molecule has 0 atom stereocenters. The monoisotopic (exact) mass is 371 g/mol. The summed E-state index contributed by atoms with van der Waals surface area (Å²) in [5.74, 6) is 3.09. The molecule has 27 heavy (non-hydrogen) atoms. The highest BCUT2D eigenvalue weighted by Gasteiger charge is 2.06. The molecule has 0 amide bonds. The van der Waals surface area contributed by atoms with Crippen LogP contribution in [-0.2, 0) is 13.1 Å². The molecule has 0 heterocycles. The van der Waals surface area contributed by atoms with Crippen molar-refractivity contribution in [1.82, 2.24) is 10.6 Å². The number of methoxy groups -OCH3 is 3. The minimum atomic E-state index is 0.589. The molecule has 0 saturated heterocycles. The molecule has 0 radical (unpaired) electrons. The number of nitrogens with zero attached hydrogens (tertiary/aromatic N) is 1. The maximum Gasteiger partial charge on any atom is 0.191 e. The maximum absolute atomic E-state index is 5.36. The number of benzene rings is 2. The van der Waals surface area contributed by atoms with Crippen molar-refractivity contribution in [3.05, 3.63) is 53.1 Å². The molecule has 2 N–H and O–H groups in total. The highest BCUT2D eigenvalue weighted by atomic mass is 16.5. The smallest absolute Gasteiger partial charge is 0.191 e. The second-order valence-electron chi connectivity index (χ2n) is 6.04. The van der Waals surface area contributed by atoms with Crippen molar-refractivity contribution in [2.75, 3.05) is 27.9 Å². The van der Waals surface area contributed by atoms with Gasteiger partial charge in [-0.25, -0.2) is 4.99 Å². The predicted molar refractivity (Wildman–Crippen MR) is 109 cm³/mol. The number of aryl methyl sites for hydroxylation is 1. The molecule has 146 valence electrons. The zero-order chi connectivity index (χ0) is 19.6. The third-order valence-electron chi connectivity index (χ3n) is 4.13. The van der Waals surface area contributed by atoms with E-state index >= 15 is 0 Å². The minimum absolute atomic E-state index is 0.589. The van der Waals surface area contributed by atoms with Gasteiger partial charge in [-0.15, -0.1) is 0 Å². The first-order valence-corrected chi connectivity index (χ1v) is 8.97. The van der Waals surface area contributed by atoms with Gasteiger partial charge in [0.05, 0.1) is 27.9 Å². The van der Waals surface area contributed by atoms with E-state index in [2.05, 4.69) is 21.7 Å². The summed E-state index contributed by atoms with van der Waals surface area (Å²) in [5, 5.41) is 6.62. The molecule has 0 saturated carbocycles. The van der Waals surface area contributed by atoms with Crippen molar-refractivity contribution in [3.8, 4) is 17.2 Å². The average molecular weight is 371 g/mol. The molecule has 2 rings (SSSR count). The molecule has 0 aromatic heterocycles. The summed E-state index contributed by atoms with van der Waals surface area (Å²) in [6, 6.07) is 12.0. The molecule has 0 aliphatic rings. The van der Waals surface area contributed by atoms with Crippen LogP contribution in [-0.4, -0.2) is 33.8 Å². The van der Waals surface area contributed by atoms with E-state index in [1.807, 2.05) is 44.2 Å². The normalized spacial score (nSPS) is 11.1. The summed E-state index contributed by atoms with van der Waals surface area (Å²) >= 11 is 0. The Bertz CT molecular complexity index is 775. The molecular formula is C21H29N3O3. The van der Waals surface area contributed by atoms with Gasteiger partial charge in [0.2, 0.25) is 0 Å². The van der Waals surface area contributed by atoms with Gasteiger partial charge >= 0.3 is 0 Å². The van der Waals surface area contributed by atoms with Crippen LogP contribution in [0.1, 0.15) is 23.6 Å². The lowest BCUT2D eigenvalue weighted by atomic mass is 10.1. The first-order chi connectivity index (χ1) is 13.1. The zero-order valence-corrected chi connectivity index (χ0v) is 16.8. The van der Waals surface area contributed by atoms with Crippen molar-refractivity contribution in [1.29, 1.82) is 0 Å². The molecule has 2 aromatic carbocycles. The first kappa shape index (κ1) is 20.4. The molecule has 0 spiro atoms. The van der Waals surface area contributed by atoms with Crippen LogP contribution in [0.15, 0.2) is 41.4 Å². The van der Waals surface area contributed by atoms with Gasteiger partial charge in [0, 0.05) is 13.1 Å². The lowest BCUT2D eigenvalue weighted by Crippen LogP contribution is -2.36. The number of rotatable bonds is 8. The third-order valence-corrected chi connectivity index (χ3v) is 4.13. The fraction of sp³-hybridized carbons (Fsp3) is 0.381. The topological polar surface area (TPSA) is 64.1 Å². The van der Waals surface area contributed by atoms with Crippen molar-refractivity contribution in [3.63, 3.8) is 0 Å². The van der Waals surface area contributed by atoms with Crippen molar-refractivity contribution in [2.45, 2.75) is 26.9 Å². The van der Waals surface area contributed by atoms with Crippen molar-refractivity contribution in [2.24, 2.45) is 4.99 Å². The summed E-state index contributed by atoms with van der Waals surface area (Å²) in [4.78, 5) is 4.67. The van der Waals surface area contributed by atoms with Crippen LogP contribution in [0.4, 0.5) is 0 Å². The molecule has 6 heteroatoms. The fourth-order valence-corrected chi connectivity index (χ4v) is 2.73. The van der Waals surface area contributed by atoms with Crippen LogP contribution in [0, 0.1) is 6.92 Å². The number of hydrogen-bond donors (Lipinski definition) is 2. The van der Waals surface area contributed by atoms with Crippen molar-refractivity contribution < 1.29 is 14.2 Å². The van der Waals surface area contributed by atoms with Crippen LogP contribution >= 0.6 is 0 Å². The SMILES string of the molecule is CCNC(=NCc1ccc(OC)c(C)c1)NCc1ccc(OC)c(OC)c1. The van der Waals surface area contributed by atoms with Crippen LogP contribution < -0.4 is 24.8 Å². The fourth-order valence-electron chi connectivity index (χ4n) is 2.73. The highest BCUT2D eigenvalue weighted by molar-refractivity contribution is 5.79. The van der Waals surface area contributed by atoms with E-state index in [0.29, 0.717) is 18.8 Å². The molecular weight excluding hydrogens is 342 g/mol. The van der Waals surface area contributed by atoms with E-state index in [1.165, 1.54) is 0 Å². The molecule has 2 aromatic rings.